The molecule has 0 aliphatic carbocycles. The summed E-state index contributed by atoms with van der Waals surface area (Å²) in [7, 11) is 1.22. The summed E-state index contributed by atoms with van der Waals surface area (Å²) in [6.07, 6.45) is 5.70. The van der Waals surface area contributed by atoms with E-state index in [1.807, 2.05) is 19.1 Å². The van der Waals surface area contributed by atoms with Crippen LogP contribution < -0.4 is 10.6 Å². The number of esters is 1. The zero-order valence-electron chi connectivity index (χ0n) is 24.4. The number of carbonyl (C=O) groups is 4. The van der Waals surface area contributed by atoms with Crippen molar-refractivity contribution in [2.75, 3.05) is 26.8 Å². The molecule has 0 radical (unpaired) electrons. The van der Waals surface area contributed by atoms with Crippen molar-refractivity contribution < 1.29 is 33.8 Å². The molecule has 39 heavy (non-hydrogen) atoms. The maximum absolute atomic E-state index is 13.8. The predicted octanol–water partition coefficient (Wildman–Crippen LogP) is 3.65. The van der Waals surface area contributed by atoms with Crippen molar-refractivity contribution >= 4 is 23.9 Å². The van der Waals surface area contributed by atoms with Crippen LogP contribution in [0.4, 0.5) is 4.79 Å². The SMILES string of the molecule is CCCCCCCCN(C(=O)C(CO)NC(=O)OC(C)(C)C)C(C(=O)NCC(=O)OC)c1ccc(CC)cc1. The highest BCUT2D eigenvalue weighted by atomic mass is 16.6. The molecule has 0 heterocycles. The second-order valence-electron chi connectivity index (χ2n) is 10.5. The molecule has 10 nitrogen and oxygen atoms in total. The fourth-order valence-electron chi connectivity index (χ4n) is 4.00. The summed E-state index contributed by atoms with van der Waals surface area (Å²) >= 11 is 0. The average molecular weight is 550 g/mol. The number of nitrogens with one attached hydrogen (secondary N) is 2. The van der Waals surface area contributed by atoms with Gasteiger partial charge in [-0.15, -0.1) is 0 Å². The molecule has 220 valence electrons. The molecule has 1 aromatic carbocycles. The molecule has 0 aromatic heterocycles. The van der Waals surface area contributed by atoms with Crippen molar-refractivity contribution in [3.63, 3.8) is 0 Å². The van der Waals surface area contributed by atoms with Crippen LogP contribution in [0.2, 0.25) is 0 Å². The molecule has 3 amide bonds. The summed E-state index contributed by atoms with van der Waals surface area (Å²) in [5.74, 6) is -1.83. The van der Waals surface area contributed by atoms with E-state index in [2.05, 4.69) is 22.3 Å². The maximum atomic E-state index is 13.8. The van der Waals surface area contributed by atoms with Gasteiger partial charge in [-0.25, -0.2) is 4.79 Å². The standard InChI is InChI=1S/C29H47N3O7/c1-7-9-10-11-12-13-18-32(27(36)23(20-33)31-28(37)39-29(3,4)5)25(26(35)30-19-24(34)38-6)22-16-14-21(8-2)15-17-22/h14-17,23,25,33H,7-13,18-20H2,1-6H3,(H,30,35)(H,31,37). The Balaban J connectivity index is 3.36. The van der Waals surface area contributed by atoms with Gasteiger partial charge in [0, 0.05) is 6.54 Å². The number of hydrogen-bond acceptors (Lipinski definition) is 7. The summed E-state index contributed by atoms with van der Waals surface area (Å²) in [5, 5.41) is 15.0. The summed E-state index contributed by atoms with van der Waals surface area (Å²) in [4.78, 5) is 52.8. The van der Waals surface area contributed by atoms with Crippen LogP contribution in [-0.4, -0.2) is 72.3 Å². The second kappa shape index (κ2) is 17.4. The Morgan fingerprint density at radius 1 is 0.974 bits per heavy atom. The lowest BCUT2D eigenvalue weighted by molar-refractivity contribution is -0.145. The van der Waals surface area contributed by atoms with Crippen molar-refractivity contribution in [1.29, 1.82) is 0 Å². The van der Waals surface area contributed by atoms with Crippen LogP contribution >= 0.6 is 0 Å². The van der Waals surface area contributed by atoms with E-state index < -0.39 is 48.2 Å². The Kier molecular flexibility index (Phi) is 15.2. The summed E-state index contributed by atoms with van der Waals surface area (Å²) in [6, 6.07) is 4.89. The molecule has 0 saturated carbocycles. The quantitative estimate of drug-likeness (QED) is 0.212. The molecule has 2 atom stereocenters. The van der Waals surface area contributed by atoms with Gasteiger partial charge in [-0.1, -0.05) is 70.2 Å². The number of aliphatic hydroxyl groups excluding tert-OH is 1. The third-order valence-electron chi connectivity index (χ3n) is 6.11. The summed E-state index contributed by atoms with van der Waals surface area (Å²) in [6.45, 7) is 8.38. The fraction of sp³-hybridized carbons (Fsp3) is 0.655. The van der Waals surface area contributed by atoms with Crippen LogP contribution in [0, 0.1) is 0 Å². The van der Waals surface area contributed by atoms with Gasteiger partial charge in [-0.2, -0.15) is 0 Å². The topological polar surface area (TPSA) is 134 Å². The van der Waals surface area contributed by atoms with Gasteiger partial charge < -0.3 is 30.1 Å². The van der Waals surface area contributed by atoms with Crippen LogP contribution in [0.1, 0.15) is 90.3 Å². The first-order valence-corrected chi connectivity index (χ1v) is 13.8. The molecular formula is C29H47N3O7. The Bertz CT molecular complexity index is 912. The van der Waals surface area contributed by atoms with Crippen molar-refractivity contribution in [2.24, 2.45) is 0 Å². The third-order valence-corrected chi connectivity index (χ3v) is 6.11. The van der Waals surface area contributed by atoms with Gasteiger partial charge in [-0.3, -0.25) is 14.4 Å². The number of carbonyl (C=O) groups excluding carboxylic acids is 4. The molecule has 1 aromatic rings. The lowest BCUT2D eigenvalue weighted by Crippen LogP contribution is -2.54. The molecule has 0 fully saturated rings. The van der Waals surface area contributed by atoms with Gasteiger partial charge in [0.25, 0.3) is 0 Å². The van der Waals surface area contributed by atoms with E-state index in [9.17, 15) is 24.3 Å². The first kappa shape index (κ1) is 33.9. The number of unbranched alkanes of at least 4 members (excludes halogenated alkanes) is 5. The molecule has 2 unspecified atom stereocenters. The van der Waals surface area contributed by atoms with E-state index >= 15 is 0 Å². The second-order valence-corrected chi connectivity index (χ2v) is 10.5. The lowest BCUT2D eigenvalue weighted by atomic mass is 10.00. The van der Waals surface area contributed by atoms with E-state index in [1.54, 1.807) is 32.9 Å². The number of ether oxygens (including phenoxy) is 2. The van der Waals surface area contributed by atoms with E-state index in [0.29, 0.717) is 12.0 Å². The Hall–Kier alpha value is -3.14. The van der Waals surface area contributed by atoms with Crippen molar-refractivity contribution in [3.05, 3.63) is 35.4 Å². The fourth-order valence-corrected chi connectivity index (χ4v) is 4.00. The van der Waals surface area contributed by atoms with Crippen molar-refractivity contribution in [1.82, 2.24) is 15.5 Å². The zero-order valence-corrected chi connectivity index (χ0v) is 24.4. The van der Waals surface area contributed by atoms with Crippen molar-refractivity contribution in [2.45, 2.75) is 97.2 Å². The van der Waals surface area contributed by atoms with Crippen LogP contribution in [-0.2, 0) is 30.3 Å². The normalized spacial score (nSPS) is 12.7. The smallest absolute Gasteiger partial charge is 0.408 e. The van der Waals surface area contributed by atoms with E-state index in [4.69, 9.17) is 4.74 Å². The number of rotatable bonds is 16. The number of hydrogen-bond donors (Lipinski definition) is 3. The highest BCUT2D eigenvalue weighted by Gasteiger charge is 2.36. The number of alkyl carbamates (subject to hydrolysis) is 1. The predicted molar refractivity (Wildman–Crippen MR) is 149 cm³/mol. The number of aliphatic hydroxyl groups is 1. The number of benzene rings is 1. The van der Waals surface area contributed by atoms with Crippen LogP contribution in [0.15, 0.2) is 24.3 Å². The van der Waals surface area contributed by atoms with Crippen LogP contribution in [0.3, 0.4) is 0 Å². The Morgan fingerprint density at radius 2 is 1.59 bits per heavy atom. The third kappa shape index (κ3) is 12.5. The minimum atomic E-state index is -1.33. The van der Waals surface area contributed by atoms with E-state index in [1.165, 1.54) is 12.0 Å². The van der Waals surface area contributed by atoms with E-state index in [0.717, 1.165) is 44.1 Å². The van der Waals surface area contributed by atoms with Crippen LogP contribution in [0.5, 0.6) is 0 Å². The molecule has 0 aliphatic heterocycles. The molecular weight excluding hydrogens is 502 g/mol. The largest absolute Gasteiger partial charge is 0.468 e. The maximum Gasteiger partial charge on any atom is 0.408 e. The highest BCUT2D eigenvalue weighted by Crippen LogP contribution is 2.24. The van der Waals surface area contributed by atoms with Gasteiger partial charge in [-0.05, 0) is 44.7 Å². The number of methoxy groups -OCH3 is 1. The monoisotopic (exact) mass is 549 g/mol. The van der Waals surface area contributed by atoms with Gasteiger partial charge in [0.05, 0.1) is 13.7 Å². The first-order chi connectivity index (χ1) is 18.5. The highest BCUT2D eigenvalue weighted by molar-refractivity contribution is 5.93. The number of nitrogens with zero attached hydrogens (tertiary/aromatic N) is 1. The number of amides is 3. The molecule has 0 saturated heterocycles. The van der Waals surface area contributed by atoms with Crippen molar-refractivity contribution in [3.8, 4) is 0 Å². The van der Waals surface area contributed by atoms with Crippen LogP contribution in [0.25, 0.3) is 0 Å². The Morgan fingerprint density at radius 3 is 2.13 bits per heavy atom. The lowest BCUT2D eigenvalue weighted by Gasteiger charge is -2.34. The summed E-state index contributed by atoms with van der Waals surface area (Å²) in [5.41, 5.74) is 0.798. The van der Waals surface area contributed by atoms with Gasteiger partial charge in [0.2, 0.25) is 11.8 Å². The Labute approximate surface area is 232 Å². The zero-order chi connectivity index (χ0) is 29.4. The average Bonchev–Trinajstić information content (AvgIpc) is 2.90. The van der Waals surface area contributed by atoms with Gasteiger partial charge in [0.1, 0.15) is 24.2 Å². The first-order valence-electron chi connectivity index (χ1n) is 13.8. The van der Waals surface area contributed by atoms with Gasteiger partial charge >= 0.3 is 12.1 Å². The van der Waals surface area contributed by atoms with E-state index in [-0.39, 0.29) is 13.1 Å². The minimum Gasteiger partial charge on any atom is -0.468 e. The molecule has 0 bridgehead atoms. The molecule has 3 N–H and O–H groups in total. The molecule has 0 spiro atoms. The number of aryl methyl sites for hydroxylation is 1. The molecule has 1 rings (SSSR count). The molecule has 10 heteroatoms. The van der Waals surface area contributed by atoms with Gasteiger partial charge in [0.15, 0.2) is 0 Å². The summed E-state index contributed by atoms with van der Waals surface area (Å²) < 4.78 is 9.92. The molecule has 0 aliphatic rings. The minimum absolute atomic E-state index is 0.212.